The largest absolute Gasteiger partial charge is 0.497 e. The molecule has 7 nitrogen and oxygen atoms in total. The second-order valence-electron chi connectivity index (χ2n) is 6.62. The van der Waals surface area contributed by atoms with Crippen molar-refractivity contribution >= 4 is 35.0 Å². The van der Waals surface area contributed by atoms with Crippen molar-refractivity contribution in [3.63, 3.8) is 0 Å². The fraction of sp³-hybridized carbons (Fsp3) is 0.167. The Labute approximate surface area is 191 Å². The molecule has 0 fully saturated rings. The molecule has 0 heterocycles. The SMILES string of the molecule is COc1cc(NC(=O)CSc2cccc(NC(=O)COc3ccccc3)c2)cc(OC)c1. The minimum absolute atomic E-state index is 0.0895. The molecule has 166 valence electrons. The predicted molar refractivity (Wildman–Crippen MR) is 126 cm³/mol. The van der Waals surface area contributed by atoms with Gasteiger partial charge in [-0.25, -0.2) is 0 Å². The lowest BCUT2D eigenvalue weighted by Gasteiger charge is -2.10. The highest BCUT2D eigenvalue weighted by atomic mass is 32.2. The van der Waals surface area contributed by atoms with Crippen molar-refractivity contribution in [3.8, 4) is 17.2 Å². The number of amides is 2. The lowest BCUT2D eigenvalue weighted by Crippen LogP contribution is -2.20. The Morgan fingerprint density at radius 1 is 0.750 bits per heavy atom. The monoisotopic (exact) mass is 452 g/mol. The number of rotatable bonds is 10. The molecule has 0 aliphatic heterocycles. The van der Waals surface area contributed by atoms with Crippen LogP contribution in [0, 0.1) is 0 Å². The maximum absolute atomic E-state index is 12.4. The fourth-order valence-electron chi connectivity index (χ4n) is 2.75. The number of thioether (sulfide) groups is 1. The van der Waals surface area contributed by atoms with Gasteiger partial charge in [0.15, 0.2) is 6.61 Å². The Kier molecular flexibility index (Phi) is 8.39. The average Bonchev–Trinajstić information content (AvgIpc) is 2.82. The smallest absolute Gasteiger partial charge is 0.262 e. The molecule has 8 heteroatoms. The van der Waals surface area contributed by atoms with E-state index in [0.29, 0.717) is 28.6 Å². The van der Waals surface area contributed by atoms with Crippen LogP contribution in [0.2, 0.25) is 0 Å². The summed E-state index contributed by atoms with van der Waals surface area (Å²) in [5.74, 6) is 1.58. The van der Waals surface area contributed by atoms with E-state index in [1.54, 1.807) is 50.6 Å². The lowest BCUT2D eigenvalue weighted by molar-refractivity contribution is -0.118. The van der Waals surface area contributed by atoms with Crippen molar-refractivity contribution in [3.05, 3.63) is 72.8 Å². The maximum atomic E-state index is 12.4. The quantitative estimate of drug-likeness (QED) is 0.442. The zero-order valence-corrected chi connectivity index (χ0v) is 18.6. The Hall–Kier alpha value is -3.65. The molecule has 0 aromatic heterocycles. The molecule has 0 aliphatic rings. The highest BCUT2D eigenvalue weighted by Gasteiger charge is 2.09. The van der Waals surface area contributed by atoms with Gasteiger partial charge in [-0.15, -0.1) is 11.8 Å². The molecule has 2 amide bonds. The Bertz CT molecular complexity index is 1040. The van der Waals surface area contributed by atoms with Crippen LogP contribution in [0.3, 0.4) is 0 Å². The molecule has 2 N–H and O–H groups in total. The van der Waals surface area contributed by atoms with E-state index in [1.165, 1.54) is 11.8 Å². The summed E-state index contributed by atoms with van der Waals surface area (Å²) in [4.78, 5) is 25.4. The van der Waals surface area contributed by atoms with Crippen LogP contribution >= 0.6 is 11.8 Å². The molecular formula is C24H24N2O5S. The van der Waals surface area contributed by atoms with Crippen LogP contribution in [-0.2, 0) is 9.59 Å². The molecule has 0 spiro atoms. The number of ether oxygens (including phenoxy) is 3. The van der Waals surface area contributed by atoms with Crippen molar-refractivity contribution in [2.45, 2.75) is 4.90 Å². The first-order chi connectivity index (χ1) is 15.6. The summed E-state index contributed by atoms with van der Waals surface area (Å²) >= 11 is 1.36. The summed E-state index contributed by atoms with van der Waals surface area (Å²) in [6, 6.07) is 21.6. The standard InChI is InChI=1S/C24H24N2O5S/c1-29-20-11-18(12-21(14-20)30-2)26-24(28)16-32-22-10-6-7-17(13-22)25-23(27)15-31-19-8-4-3-5-9-19/h3-14H,15-16H2,1-2H3,(H,25,27)(H,26,28). The molecule has 0 bridgehead atoms. The second kappa shape index (κ2) is 11.7. The highest BCUT2D eigenvalue weighted by Crippen LogP contribution is 2.26. The van der Waals surface area contributed by atoms with Crippen molar-refractivity contribution in [1.29, 1.82) is 0 Å². The Morgan fingerprint density at radius 3 is 2.12 bits per heavy atom. The van der Waals surface area contributed by atoms with Gasteiger partial charge < -0.3 is 24.8 Å². The molecule has 0 unspecified atom stereocenters. The molecule has 3 rings (SSSR count). The van der Waals surface area contributed by atoms with E-state index in [2.05, 4.69) is 10.6 Å². The number of methoxy groups -OCH3 is 2. The van der Waals surface area contributed by atoms with Crippen LogP contribution in [-0.4, -0.2) is 38.4 Å². The van der Waals surface area contributed by atoms with E-state index in [0.717, 1.165) is 4.90 Å². The van der Waals surface area contributed by atoms with Gasteiger partial charge >= 0.3 is 0 Å². The van der Waals surface area contributed by atoms with Crippen LogP contribution in [0.15, 0.2) is 77.7 Å². The number of carbonyl (C=O) groups is 2. The first-order valence-electron chi connectivity index (χ1n) is 9.79. The minimum atomic E-state index is -0.263. The summed E-state index contributed by atoms with van der Waals surface area (Å²) in [6.45, 7) is -0.0895. The minimum Gasteiger partial charge on any atom is -0.497 e. The maximum Gasteiger partial charge on any atom is 0.262 e. The average molecular weight is 453 g/mol. The predicted octanol–water partition coefficient (Wildman–Crippen LogP) is 4.45. The second-order valence-corrected chi connectivity index (χ2v) is 7.66. The number of anilines is 2. The molecule has 0 saturated carbocycles. The lowest BCUT2D eigenvalue weighted by atomic mass is 10.2. The van der Waals surface area contributed by atoms with Gasteiger partial charge in [-0.3, -0.25) is 9.59 Å². The number of hydrogen-bond acceptors (Lipinski definition) is 6. The molecule has 32 heavy (non-hydrogen) atoms. The highest BCUT2D eigenvalue weighted by molar-refractivity contribution is 8.00. The molecular weight excluding hydrogens is 428 g/mol. The molecule has 3 aromatic carbocycles. The van der Waals surface area contributed by atoms with Gasteiger partial charge in [0.1, 0.15) is 17.2 Å². The third-order valence-electron chi connectivity index (χ3n) is 4.24. The van der Waals surface area contributed by atoms with Gasteiger partial charge in [0, 0.05) is 34.5 Å². The molecule has 3 aromatic rings. The molecule has 0 atom stereocenters. The van der Waals surface area contributed by atoms with Crippen LogP contribution in [0.4, 0.5) is 11.4 Å². The van der Waals surface area contributed by atoms with Crippen molar-refractivity contribution in [2.24, 2.45) is 0 Å². The zero-order valence-electron chi connectivity index (χ0n) is 17.8. The van der Waals surface area contributed by atoms with Crippen LogP contribution in [0.5, 0.6) is 17.2 Å². The Balaban J connectivity index is 1.50. The van der Waals surface area contributed by atoms with E-state index in [1.807, 2.05) is 36.4 Å². The van der Waals surface area contributed by atoms with Crippen molar-refractivity contribution in [2.75, 3.05) is 37.2 Å². The van der Waals surface area contributed by atoms with Crippen molar-refractivity contribution < 1.29 is 23.8 Å². The fourth-order valence-corrected chi connectivity index (χ4v) is 3.51. The summed E-state index contributed by atoms with van der Waals surface area (Å²) in [5, 5.41) is 5.63. The van der Waals surface area contributed by atoms with E-state index in [4.69, 9.17) is 14.2 Å². The number of para-hydroxylation sites is 1. The van der Waals surface area contributed by atoms with Crippen LogP contribution < -0.4 is 24.8 Å². The summed E-state index contributed by atoms with van der Waals surface area (Å²) < 4.78 is 15.9. The van der Waals surface area contributed by atoms with E-state index in [9.17, 15) is 9.59 Å². The van der Waals surface area contributed by atoms with E-state index in [-0.39, 0.29) is 24.2 Å². The van der Waals surface area contributed by atoms with E-state index >= 15 is 0 Å². The molecule has 0 radical (unpaired) electrons. The third-order valence-corrected chi connectivity index (χ3v) is 5.23. The number of hydrogen-bond donors (Lipinski definition) is 2. The Morgan fingerprint density at radius 2 is 1.44 bits per heavy atom. The molecule has 0 saturated heterocycles. The number of benzene rings is 3. The van der Waals surface area contributed by atoms with Gasteiger partial charge in [-0.2, -0.15) is 0 Å². The number of nitrogens with one attached hydrogen (secondary N) is 2. The van der Waals surface area contributed by atoms with Gasteiger partial charge in [0.25, 0.3) is 5.91 Å². The van der Waals surface area contributed by atoms with Crippen LogP contribution in [0.1, 0.15) is 0 Å². The van der Waals surface area contributed by atoms with Crippen LogP contribution in [0.25, 0.3) is 0 Å². The van der Waals surface area contributed by atoms with Gasteiger partial charge in [0.2, 0.25) is 5.91 Å². The summed E-state index contributed by atoms with van der Waals surface area (Å²) in [7, 11) is 3.10. The van der Waals surface area contributed by atoms with E-state index < -0.39 is 0 Å². The first-order valence-corrected chi connectivity index (χ1v) is 10.8. The molecule has 0 aliphatic carbocycles. The zero-order chi connectivity index (χ0) is 22.8. The topological polar surface area (TPSA) is 85.9 Å². The number of carbonyl (C=O) groups excluding carboxylic acids is 2. The summed E-state index contributed by atoms with van der Waals surface area (Å²) in [5.41, 5.74) is 1.22. The van der Waals surface area contributed by atoms with Gasteiger partial charge in [0.05, 0.1) is 20.0 Å². The van der Waals surface area contributed by atoms with Gasteiger partial charge in [-0.1, -0.05) is 24.3 Å². The van der Waals surface area contributed by atoms with Crippen molar-refractivity contribution in [1.82, 2.24) is 0 Å². The van der Waals surface area contributed by atoms with Gasteiger partial charge in [-0.05, 0) is 30.3 Å². The first kappa shape index (κ1) is 23.0. The third kappa shape index (κ3) is 7.24. The summed E-state index contributed by atoms with van der Waals surface area (Å²) in [6.07, 6.45) is 0. The normalized spacial score (nSPS) is 10.2.